The molecule has 3 aromatic rings. The molecule has 0 saturated heterocycles. The van der Waals surface area contributed by atoms with E-state index in [1.807, 2.05) is 19.1 Å². The molecule has 5 heteroatoms. The Balaban J connectivity index is 1.79. The van der Waals surface area contributed by atoms with Crippen LogP contribution in [0.2, 0.25) is 0 Å². The molecule has 29 heavy (non-hydrogen) atoms. The number of Topliss-reactive ketones (excluding diaryl/α,β-unsaturated/α-hetero) is 1. The zero-order chi connectivity index (χ0) is 20.8. The highest BCUT2D eigenvalue weighted by atomic mass is 32.2. The molecule has 150 valence electrons. The van der Waals surface area contributed by atoms with E-state index in [4.69, 9.17) is 0 Å². The maximum atomic E-state index is 13.2. The van der Waals surface area contributed by atoms with Gasteiger partial charge in [-0.2, -0.15) is 0 Å². The average Bonchev–Trinajstić information content (AvgIpc) is 2.97. The number of carbonyl (C=O) groups is 1. The topological polar surface area (TPSA) is 67.0 Å². The molecule has 0 radical (unpaired) electrons. The van der Waals surface area contributed by atoms with Crippen molar-refractivity contribution in [2.75, 3.05) is 0 Å². The zero-order valence-corrected chi connectivity index (χ0v) is 17.8. The SMILES string of the molecule is Cc1[nH]c2c(c1Cc1ccccc1S(=O)(=O)c1ccccc1)C(=O)CC(C)(C)C2. The Morgan fingerprint density at radius 3 is 2.34 bits per heavy atom. The van der Waals surface area contributed by atoms with Gasteiger partial charge in [0.15, 0.2) is 5.78 Å². The first-order valence-corrected chi connectivity index (χ1v) is 11.3. The Hall–Kier alpha value is -2.66. The van der Waals surface area contributed by atoms with Crippen molar-refractivity contribution in [1.29, 1.82) is 0 Å². The van der Waals surface area contributed by atoms with Gasteiger partial charge in [-0.15, -0.1) is 0 Å². The van der Waals surface area contributed by atoms with Crippen molar-refractivity contribution in [1.82, 2.24) is 4.98 Å². The predicted octanol–water partition coefficient (Wildman–Crippen LogP) is 4.90. The van der Waals surface area contributed by atoms with Gasteiger partial charge in [0, 0.05) is 29.8 Å². The van der Waals surface area contributed by atoms with Gasteiger partial charge in [-0.05, 0) is 48.1 Å². The van der Waals surface area contributed by atoms with Crippen LogP contribution in [0.25, 0.3) is 0 Å². The lowest BCUT2D eigenvalue weighted by molar-refractivity contribution is 0.0911. The molecule has 1 aliphatic carbocycles. The van der Waals surface area contributed by atoms with Gasteiger partial charge >= 0.3 is 0 Å². The van der Waals surface area contributed by atoms with Crippen molar-refractivity contribution in [3.63, 3.8) is 0 Å². The molecule has 1 aliphatic rings. The van der Waals surface area contributed by atoms with Crippen molar-refractivity contribution in [3.8, 4) is 0 Å². The van der Waals surface area contributed by atoms with E-state index < -0.39 is 9.84 Å². The van der Waals surface area contributed by atoms with Crippen LogP contribution in [-0.4, -0.2) is 19.2 Å². The lowest BCUT2D eigenvalue weighted by Gasteiger charge is -2.28. The molecule has 1 heterocycles. The van der Waals surface area contributed by atoms with Crippen LogP contribution in [0.15, 0.2) is 64.4 Å². The summed E-state index contributed by atoms with van der Waals surface area (Å²) in [5.74, 6) is 0.138. The Kier molecular flexibility index (Phi) is 4.74. The third kappa shape index (κ3) is 3.55. The van der Waals surface area contributed by atoms with Crippen LogP contribution in [0.3, 0.4) is 0 Å². The number of fused-ring (bicyclic) bond motifs is 1. The molecule has 0 saturated carbocycles. The molecular formula is C24H25NO3S. The lowest BCUT2D eigenvalue weighted by atomic mass is 9.75. The highest BCUT2D eigenvalue weighted by Crippen LogP contribution is 2.38. The number of rotatable bonds is 4. The third-order valence-electron chi connectivity index (χ3n) is 5.65. The highest BCUT2D eigenvalue weighted by Gasteiger charge is 2.35. The van der Waals surface area contributed by atoms with Gasteiger partial charge in [-0.3, -0.25) is 4.79 Å². The van der Waals surface area contributed by atoms with Crippen LogP contribution in [0.5, 0.6) is 0 Å². The molecule has 1 N–H and O–H groups in total. The minimum Gasteiger partial charge on any atom is -0.362 e. The summed E-state index contributed by atoms with van der Waals surface area (Å²) in [5.41, 5.74) is 4.23. The van der Waals surface area contributed by atoms with Crippen LogP contribution in [0.4, 0.5) is 0 Å². The normalized spacial score (nSPS) is 15.9. The molecule has 0 fully saturated rings. The van der Waals surface area contributed by atoms with E-state index in [-0.39, 0.29) is 16.1 Å². The molecular weight excluding hydrogens is 382 g/mol. The number of aromatic amines is 1. The maximum absolute atomic E-state index is 13.2. The van der Waals surface area contributed by atoms with Gasteiger partial charge in [-0.25, -0.2) is 8.42 Å². The van der Waals surface area contributed by atoms with Crippen molar-refractivity contribution in [2.45, 2.75) is 49.8 Å². The number of hydrogen-bond donors (Lipinski definition) is 1. The molecule has 0 atom stereocenters. The fourth-order valence-corrected chi connectivity index (χ4v) is 5.83. The number of sulfone groups is 1. The van der Waals surface area contributed by atoms with E-state index in [0.717, 1.165) is 28.9 Å². The first kappa shape index (κ1) is 19.6. The standard InChI is InChI=1S/C24H25NO3S/c1-16-19(23-20(25-16)14-24(2,3)15-21(23)26)13-17-9-7-8-12-22(17)29(27,28)18-10-5-4-6-11-18/h4-12,25H,13-15H2,1-3H3. The minimum absolute atomic E-state index is 0.0623. The molecule has 0 amide bonds. The highest BCUT2D eigenvalue weighted by molar-refractivity contribution is 7.91. The number of ketones is 1. The summed E-state index contributed by atoms with van der Waals surface area (Å²) in [6, 6.07) is 15.6. The van der Waals surface area contributed by atoms with Gasteiger partial charge in [0.1, 0.15) is 0 Å². The molecule has 0 unspecified atom stereocenters. The summed E-state index contributed by atoms with van der Waals surface area (Å²) in [7, 11) is -3.63. The van der Waals surface area contributed by atoms with Gasteiger partial charge in [-0.1, -0.05) is 50.2 Å². The molecule has 4 rings (SSSR count). The Morgan fingerprint density at radius 1 is 0.966 bits per heavy atom. The molecule has 4 nitrogen and oxygen atoms in total. The van der Waals surface area contributed by atoms with Crippen molar-refractivity contribution in [3.05, 3.63) is 82.7 Å². The quantitative estimate of drug-likeness (QED) is 0.669. The smallest absolute Gasteiger partial charge is 0.206 e. The van der Waals surface area contributed by atoms with E-state index in [2.05, 4.69) is 18.8 Å². The van der Waals surface area contributed by atoms with Gasteiger partial charge in [0.2, 0.25) is 9.84 Å². The van der Waals surface area contributed by atoms with Crippen molar-refractivity contribution in [2.24, 2.45) is 5.41 Å². The summed E-state index contributed by atoms with van der Waals surface area (Å²) >= 11 is 0. The van der Waals surface area contributed by atoms with Crippen LogP contribution >= 0.6 is 0 Å². The number of aryl methyl sites for hydroxylation is 1. The first-order valence-electron chi connectivity index (χ1n) is 9.81. The molecule has 2 aromatic carbocycles. The summed E-state index contributed by atoms with van der Waals surface area (Å²) in [6.45, 7) is 6.17. The number of carbonyl (C=O) groups excluding carboxylic acids is 1. The van der Waals surface area contributed by atoms with Crippen molar-refractivity contribution >= 4 is 15.6 Å². The van der Waals surface area contributed by atoms with Crippen LogP contribution in [0.1, 0.15) is 53.1 Å². The average molecular weight is 408 g/mol. The second-order valence-corrected chi connectivity index (χ2v) is 10.5. The summed E-state index contributed by atoms with van der Waals surface area (Å²) in [4.78, 5) is 16.9. The zero-order valence-electron chi connectivity index (χ0n) is 17.0. The van der Waals surface area contributed by atoms with E-state index in [1.54, 1.807) is 42.5 Å². The first-order chi connectivity index (χ1) is 13.7. The number of H-pyrrole nitrogens is 1. The van der Waals surface area contributed by atoms with Crippen molar-refractivity contribution < 1.29 is 13.2 Å². The number of aromatic nitrogens is 1. The van der Waals surface area contributed by atoms with Crippen LogP contribution < -0.4 is 0 Å². The van der Waals surface area contributed by atoms with Gasteiger partial charge < -0.3 is 4.98 Å². The predicted molar refractivity (Wildman–Crippen MR) is 113 cm³/mol. The van der Waals surface area contributed by atoms with E-state index in [9.17, 15) is 13.2 Å². The van der Waals surface area contributed by atoms with Crippen LogP contribution in [-0.2, 0) is 22.7 Å². The monoisotopic (exact) mass is 407 g/mol. The summed E-state index contributed by atoms with van der Waals surface area (Å²) in [6.07, 6.45) is 1.74. The van der Waals surface area contributed by atoms with Gasteiger partial charge in [0.05, 0.1) is 9.79 Å². The third-order valence-corrected chi connectivity index (χ3v) is 7.52. The van der Waals surface area contributed by atoms with Gasteiger partial charge in [0.25, 0.3) is 0 Å². The fourth-order valence-electron chi connectivity index (χ4n) is 4.32. The summed E-state index contributed by atoms with van der Waals surface area (Å²) in [5, 5.41) is 0. The van der Waals surface area contributed by atoms with E-state index in [1.165, 1.54) is 0 Å². The molecule has 0 spiro atoms. The largest absolute Gasteiger partial charge is 0.362 e. The second kappa shape index (κ2) is 6.99. The number of hydrogen-bond acceptors (Lipinski definition) is 3. The number of benzene rings is 2. The lowest BCUT2D eigenvalue weighted by Crippen LogP contribution is -2.27. The minimum atomic E-state index is -3.63. The Labute approximate surface area is 171 Å². The van der Waals surface area contributed by atoms with Crippen LogP contribution in [0, 0.1) is 12.3 Å². The Bertz CT molecular complexity index is 1190. The molecule has 1 aromatic heterocycles. The fraction of sp³-hybridized carbons (Fsp3) is 0.292. The van der Waals surface area contributed by atoms with E-state index >= 15 is 0 Å². The number of nitrogens with one attached hydrogen (secondary N) is 1. The molecule has 0 aliphatic heterocycles. The summed E-state index contributed by atoms with van der Waals surface area (Å²) < 4.78 is 26.5. The second-order valence-electron chi connectivity index (χ2n) is 8.62. The van der Waals surface area contributed by atoms with E-state index in [0.29, 0.717) is 23.3 Å². The molecule has 0 bridgehead atoms. The Morgan fingerprint density at radius 2 is 1.62 bits per heavy atom. The maximum Gasteiger partial charge on any atom is 0.206 e.